The molecule has 0 spiro atoms. The lowest BCUT2D eigenvalue weighted by molar-refractivity contribution is 0.0948. The number of ketones is 1. The second kappa shape index (κ2) is 7.78. The van der Waals surface area contributed by atoms with E-state index >= 15 is 0 Å². The molecule has 0 radical (unpaired) electrons. The van der Waals surface area contributed by atoms with Crippen LogP contribution in [0.5, 0.6) is 0 Å². The molecule has 3 N–H and O–H groups in total. The molecule has 8 nitrogen and oxygen atoms in total. The number of halogens is 1. The van der Waals surface area contributed by atoms with Gasteiger partial charge in [-0.25, -0.2) is 9.37 Å². The van der Waals surface area contributed by atoms with Gasteiger partial charge in [-0.3, -0.25) is 9.59 Å². The highest BCUT2D eigenvalue weighted by Gasteiger charge is 2.27. The normalized spacial score (nSPS) is 14.9. The number of furan rings is 1. The van der Waals surface area contributed by atoms with Gasteiger partial charge in [0.05, 0.1) is 11.3 Å². The predicted molar refractivity (Wildman–Crippen MR) is 110 cm³/mol. The Kier molecular flexibility index (Phi) is 5.01. The van der Waals surface area contributed by atoms with E-state index in [1.807, 2.05) is 0 Å². The molecule has 30 heavy (non-hydrogen) atoms. The second-order valence-electron chi connectivity index (χ2n) is 6.69. The fourth-order valence-corrected chi connectivity index (χ4v) is 3.02. The molecular formula is C21H18FN5O3. The van der Waals surface area contributed by atoms with Gasteiger partial charge in [0, 0.05) is 24.8 Å². The van der Waals surface area contributed by atoms with Crippen LogP contribution in [0.4, 0.5) is 27.5 Å². The maximum atomic E-state index is 13.1. The first-order chi connectivity index (χ1) is 14.5. The minimum Gasteiger partial charge on any atom is -0.462 e. The molecule has 9 heteroatoms. The summed E-state index contributed by atoms with van der Waals surface area (Å²) in [7, 11) is 1.49. The van der Waals surface area contributed by atoms with Crippen molar-refractivity contribution in [1.29, 1.82) is 0 Å². The Balaban J connectivity index is 1.70. The highest BCUT2D eigenvalue weighted by atomic mass is 19.1. The number of nitrogens with one attached hydrogen (secondary N) is 3. The van der Waals surface area contributed by atoms with Crippen molar-refractivity contribution in [2.24, 2.45) is 5.92 Å². The van der Waals surface area contributed by atoms with E-state index in [4.69, 9.17) is 4.42 Å². The molecule has 1 amide bonds. The van der Waals surface area contributed by atoms with Crippen molar-refractivity contribution in [3.8, 4) is 0 Å². The molecule has 152 valence electrons. The number of hydrogen-bond acceptors (Lipinski definition) is 7. The summed E-state index contributed by atoms with van der Waals surface area (Å²) < 4.78 is 18.6. The highest BCUT2D eigenvalue weighted by molar-refractivity contribution is 6.09. The van der Waals surface area contributed by atoms with Crippen LogP contribution in [0.15, 0.2) is 47.2 Å². The lowest BCUT2D eigenvalue weighted by Gasteiger charge is -2.14. The molecule has 0 bridgehead atoms. The molecule has 1 unspecified atom stereocenters. The van der Waals surface area contributed by atoms with Gasteiger partial charge in [-0.2, -0.15) is 4.98 Å². The zero-order chi connectivity index (χ0) is 21.3. The van der Waals surface area contributed by atoms with Crippen LogP contribution in [-0.2, 0) is 0 Å². The quantitative estimate of drug-likeness (QED) is 0.588. The molecular weight excluding hydrogens is 389 g/mol. The average Bonchev–Trinajstić information content (AvgIpc) is 3.15. The monoisotopic (exact) mass is 407 g/mol. The number of carbonyl (C=O) groups is 2. The standard InChI is InChI=1S/C21H18FN5O3/c1-11-3-8-16-17(18(11)28)15(10-30-16)26-19-14(20(29)23-2)9-24-21(27-19)25-13-6-4-12(22)5-7-13/h3-11H,1-2H3,(H,23,29)(H2,24,25,26,27). The van der Waals surface area contributed by atoms with Crippen LogP contribution in [0.3, 0.4) is 0 Å². The number of amides is 1. The Labute approximate surface area is 171 Å². The van der Waals surface area contributed by atoms with E-state index in [9.17, 15) is 14.0 Å². The Bertz CT molecular complexity index is 1150. The van der Waals surface area contributed by atoms with Crippen molar-refractivity contribution >= 4 is 40.9 Å². The van der Waals surface area contributed by atoms with Crippen molar-refractivity contribution in [1.82, 2.24) is 15.3 Å². The molecule has 1 aromatic carbocycles. The maximum absolute atomic E-state index is 13.1. The lowest BCUT2D eigenvalue weighted by Crippen LogP contribution is -2.21. The van der Waals surface area contributed by atoms with Gasteiger partial charge in [-0.1, -0.05) is 13.0 Å². The number of benzene rings is 1. The smallest absolute Gasteiger partial charge is 0.256 e. The van der Waals surface area contributed by atoms with Crippen LogP contribution < -0.4 is 16.0 Å². The number of anilines is 4. The van der Waals surface area contributed by atoms with Gasteiger partial charge < -0.3 is 20.4 Å². The van der Waals surface area contributed by atoms with E-state index in [2.05, 4.69) is 25.9 Å². The molecule has 4 rings (SSSR count). The molecule has 0 saturated carbocycles. The zero-order valence-corrected chi connectivity index (χ0v) is 16.2. The first kappa shape index (κ1) is 19.3. The summed E-state index contributed by atoms with van der Waals surface area (Å²) in [6.45, 7) is 1.80. The number of Topliss-reactive ketones (excluding diaryl/α,β-unsaturated/α-hetero) is 1. The predicted octanol–water partition coefficient (Wildman–Crippen LogP) is 3.90. The van der Waals surface area contributed by atoms with Crippen LogP contribution in [-0.4, -0.2) is 28.7 Å². The largest absolute Gasteiger partial charge is 0.462 e. The van der Waals surface area contributed by atoms with E-state index in [0.29, 0.717) is 22.7 Å². The highest BCUT2D eigenvalue weighted by Crippen LogP contribution is 2.33. The van der Waals surface area contributed by atoms with Gasteiger partial charge in [0.15, 0.2) is 5.78 Å². The molecule has 1 atom stereocenters. The van der Waals surface area contributed by atoms with Crippen LogP contribution in [0.2, 0.25) is 0 Å². The van der Waals surface area contributed by atoms with Crippen molar-refractivity contribution in [3.05, 3.63) is 65.5 Å². The molecule has 0 fully saturated rings. The van der Waals surface area contributed by atoms with Crippen LogP contribution in [0.25, 0.3) is 6.08 Å². The number of nitrogens with zero attached hydrogens (tertiary/aromatic N) is 2. The van der Waals surface area contributed by atoms with Crippen molar-refractivity contribution in [2.75, 3.05) is 17.7 Å². The Morgan fingerprint density at radius 3 is 2.70 bits per heavy atom. The van der Waals surface area contributed by atoms with E-state index in [1.165, 1.54) is 43.8 Å². The molecule has 3 aromatic rings. The van der Waals surface area contributed by atoms with Gasteiger partial charge in [-0.15, -0.1) is 0 Å². The Hall–Kier alpha value is -4.01. The summed E-state index contributed by atoms with van der Waals surface area (Å²) in [6.07, 6.45) is 6.28. The van der Waals surface area contributed by atoms with Gasteiger partial charge in [0.1, 0.15) is 29.2 Å². The van der Waals surface area contributed by atoms with Crippen LogP contribution in [0.1, 0.15) is 33.4 Å². The third-order valence-corrected chi connectivity index (χ3v) is 4.63. The number of carbonyl (C=O) groups excluding carboxylic acids is 2. The average molecular weight is 407 g/mol. The van der Waals surface area contributed by atoms with Gasteiger partial charge in [0.2, 0.25) is 5.95 Å². The minimum atomic E-state index is -0.400. The molecule has 2 aromatic heterocycles. The second-order valence-corrected chi connectivity index (χ2v) is 6.69. The van der Waals surface area contributed by atoms with Crippen molar-refractivity contribution < 1.29 is 18.4 Å². The minimum absolute atomic E-state index is 0.0936. The van der Waals surface area contributed by atoms with Gasteiger partial charge >= 0.3 is 0 Å². The van der Waals surface area contributed by atoms with Crippen LogP contribution in [0, 0.1) is 11.7 Å². The first-order valence-corrected chi connectivity index (χ1v) is 9.19. The maximum Gasteiger partial charge on any atom is 0.256 e. The Morgan fingerprint density at radius 1 is 1.20 bits per heavy atom. The first-order valence-electron chi connectivity index (χ1n) is 9.19. The van der Waals surface area contributed by atoms with E-state index < -0.39 is 5.91 Å². The SMILES string of the molecule is CNC(=O)c1cnc(Nc2ccc(F)cc2)nc1Nc1coc2c1C(=O)C(C)C=C2. The molecule has 2 heterocycles. The fourth-order valence-electron chi connectivity index (χ4n) is 3.02. The van der Waals surface area contributed by atoms with Crippen molar-refractivity contribution in [2.45, 2.75) is 6.92 Å². The fraction of sp³-hybridized carbons (Fsp3) is 0.143. The van der Waals surface area contributed by atoms with Gasteiger partial charge in [-0.05, 0) is 30.3 Å². The number of rotatable bonds is 5. The lowest BCUT2D eigenvalue weighted by atomic mass is 9.93. The third kappa shape index (κ3) is 3.64. The number of allylic oxidation sites excluding steroid dienone is 1. The third-order valence-electron chi connectivity index (χ3n) is 4.63. The summed E-state index contributed by atoms with van der Waals surface area (Å²) in [5, 5.41) is 8.51. The number of hydrogen-bond donors (Lipinski definition) is 3. The Morgan fingerprint density at radius 2 is 1.97 bits per heavy atom. The molecule has 0 saturated heterocycles. The molecule has 0 aliphatic heterocycles. The summed E-state index contributed by atoms with van der Waals surface area (Å²) >= 11 is 0. The molecule has 1 aliphatic rings. The van der Waals surface area contributed by atoms with E-state index in [-0.39, 0.29) is 34.8 Å². The van der Waals surface area contributed by atoms with Crippen LogP contribution >= 0.6 is 0 Å². The number of aromatic nitrogens is 2. The van der Waals surface area contributed by atoms with Crippen molar-refractivity contribution in [3.63, 3.8) is 0 Å². The summed E-state index contributed by atoms with van der Waals surface area (Å²) in [6, 6.07) is 5.69. The summed E-state index contributed by atoms with van der Waals surface area (Å²) in [5.41, 5.74) is 1.57. The van der Waals surface area contributed by atoms with E-state index in [0.717, 1.165) is 0 Å². The number of fused-ring (bicyclic) bond motifs is 1. The zero-order valence-electron chi connectivity index (χ0n) is 16.2. The molecule has 1 aliphatic carbocycles. The summed E-state index contributed by atoms with van der Waals surface area (Å²) in [4.78, 5) is 33.4. The topological polar surface area (TPSA) is 109 Å². The summed E-state index contributed by atoms with van der Waals surface area (Å²) in [5.74, 6) is -0.319. The van der Waals surface area contributed by atoms with E-state index in [1.54, 1.807) is 19.1 Å². The van der Waals surface area contributed by atoms with Gasteiger partial charge in [0.25, 0.3) is 5.91 Å².